The lowest BCUT2D eigenvalue weighted by Crippen LogP contribution is -2.39. The highest BCUT2D eigenvalue weighted by atomic mass is 16.2. The summed E-state index contributed by atoms with van der Waals surface area (Å²) in [7, 11) is 1.75. The van der Waals surface area contributed by atoms with Crippen molar-refractivity contribution in [1.82, 2.24) is 35.0 Å². The van der Waals surface area contributed by atoms with Crippen LogP contribution in [0.15, 0.2) is 65.9 Å². The molecule has 2 saturated heterocycles. The maximum atomic E-state index is 13.1. The molecule has 0 radical (unpaired) electrons. The predicted octanol–water partition coefficient (Wildman–Crippen LogP) is 4.65. The number of fused-ring (bicyclic) bond motifs is 2. The molecule has 53 heavy (non-hydrogen) atoms. The Kier molecular flexibility index (Phi) is 9.78. The minimum Gasteiger partial charge on any atom is -0.369 e. The van der Waals surface area contributed by atoms with Crippen molar-refractivity contribution in [2.45, 2.75) is 63.3 Å². The zero-order chi connectivity index (χ0) is 37.1. The Hall–Kier alpha value is -6.28. The summed E-state index contributed by atoms with van der Waals surface area (Å²) >= 11 is 0. The number of carbonyl (C=O) groups is 4. The van der Waals surface area contributed by atoms with Crippen LogP contribution >= 0.6 is 0 Å². The van der Waals surface area contributed by atoms with Crippen LogP contribution in [0.3, 0.4) is 0 Å². The maximum absolute atomic E-state index is 13.1. The number of anilines is 2. The second-order valence-corrected chi connectivity index (χ2v) is 13.9. The number of nitrogens with zero attached hydrogens (tertiary/aromatic N) is 9. The number of hydrogen-bond donors (Lipinski definition) is 3. The molecule has 0 saturated carbocycles. The fraction of sp³-hybridized carbons (Fsp3) is 0.378. The van der Waals surface area contributed by atoms with Crippen molar-refractivity contribution in [2.24, 2.45) is 12.2 Å². The lowest BCUT2D eigenvalue weighted by Gasteiger charge is -2.26. The second kappa shape index (κ2) is 14.8. The van der Waals surface area contributed by atoms with E-state index in [4.69, 9.17) is 5.53 Å². The molecule has 3 aromatic heterocycles. The smallest absolute Gasteiger partial charge is 0.290 e. The molecular weight excluding hydrogens is 676 g/mol. The standard InChI is InChI=1S/C37H40N12O4/c1-37(24-9-4-3-5-10-24)16-18-48(22-37)25-19-23(20-40-46-38)34-43-33(45-49(34)21-25)36(53)39-17-7-6-13-29(50)41-28-12-8-11-26-31(44-47(2)32(26)28)27-14-15-30(51)42-35(27)52/h3-5,8-12,19,21,27H,6-7,13-18,20,22H2,1-2H3,(H,39,53)(H,41,50)(H,42,51,52)/t27?,37-/m0/s1. The van der Waals surface area contributed by atoms with Crippen molar-refractivity contribution < 1.29 is 19.2 Å². The topological polar surface area (TPSA) is 204 Å². The van der Waals surface area contributed by atoms with Crippen molar-refractivity contribution in [2.75, 3.05) is 29.9 Å². The van der Waals surface area contributed by atoms with Gasteiger partial charge in [-0.05, 0) is 48.9 Å². The van der Waals surface area contributed by atoms with Gasteiger partial charge in [0.1, 0.15) is 0 Å². The van der Waals surface area contributed by atoms with E-state index in [0.717, 1.165) is 30.6 Å². The summed E-state index contributed by atoms with van der Waals surface area (Å²) in [5, 5.41) is 21.8. The number of nitrogens with one attached hydrogen (secondary N) is 3. The van der Waals surface area contributed by atoms with Gasteiger partial charge in [0, 0.05) is 60.8 Å². The molecule has 0 spiro atoms. The number of carbonyl (C=O) groups excluding carboxylic acids is 4. The molecule has 2 aliphatic heterocycles. The molecule has 2 aliphatic rings. The third-order valence-electron chi connectivity index (χ3n) is 10.2. The summed E-state index contributed by atoms with van der Waals surface area (Å²) in [6.07, 6.45) is 4.74. The number of imide groups is 1. The van der Waals surface area contributed by atoms with E-state index in [1.807, 2.05) is 24.4 Å². The van der Waals surface area contributed by atoms with Crippen molar-refractivity contribution in [3.05, 3.63) is 93.9 Å². The predicted molar refractivity (Wildman–Crippen MR) is 197 cm³/mol. The molecule has 2 atom stereocenters. The first-order valence-electron chi connectivity index (χ1n) is 17.7. The molecule has 2 fully saturated rings. The second-order valence-electron chi connectivity index (χ2n) is 13.9. The molecule has 7 rings (SSSR count). The van der Waals surface area contributed by atoms with Crippen LogP contribution in [0.5, 0.6) is 0 Å². The molecule has 5 aromatic rings. The van der Waals surface area contributed by atoms with Crippen LogP contribution < -0.4 is 20.9 Å². The first-order valence-corrected chi connectivity index (χ1v) is 17.7. The highest BCUT2D eigenvalue weighted by molar-refractivity contribution is 6.05. The number of unbranched alkanes of at least 4 members (excludes halogenated alkanes) is 1. The van der Waals surface area contributed by atoms with Gasteiger partial charge in [0.15, 0.2) is 5.65 Å². The zero-order valence-corrected chi connectivity index (χ0v) is 29.6. The van der Waals surface area contributed by atoms with E-state index in [-0.39, 0.29) is 48.3 Å². The quantitative estimate of drug-likeness (QED) is 0.0544. The molecule has 16 heteroatoms. The maximum Gasteiger partial charge on any atom is 0.290 e. The minimum atomic E-state index is -0.544. The Morgan fingerprint density at radius 3 is 2.74 bits per heavy atom. The summed E-state index contributed by atoms with van der Waals surface area (Å²) in [4.78, 5) is 59.9. The lowest BCUT2D eigenvalue weighted by molar-refractivity contribution is -0.134. The van der Waals surface area contributed by atoms with Gasteiger partial charge in [-0.3, -0.25) is 29.2 Å². The molecule has 1 unspecified atom stereocenters. The SMILES string of the molecule is Cn1nc(C2CCC(=O)NC2=O)c2cccc(NC(=O)CCCCNC(=O)c3nc4c(CN=[N+]=[N-])cc(N5CC[C@](C)(c6ccccc6)C5)cn4n3)c21. The van der Waals surface area contributed by atoms with Crippen LogP contribution in [0.25, 0.3) is 27.0 Å². The number of azide groups is 1. The van der Waals surface area contributed by atoms with E-state index >= 15 is 0 Å². The Morgan fingerprint density at radius 2 is 1.94 bits per heavy atom. The molecule has 0 bridgehead atoms. The highest BCUT2D eigenvalue weighted by Crippen LogP contribution is 2.37. The lowest BCUT2D eigenvalue weighted by atomic mass is 9.82. The number of aromatic nitrogens is 5. The molecule has 2 aromatic carbocycles. The van der Waals surface area contributed by atoms with Crippen LogP contribution in [0.1, 0.15) is 78.8 Å². The average molecular weight is 717 g/mol. The first kappa shape index (κ1) is 35.1. The van der Waals surface area contributed by atoms with Crippen molar-refractivity contribution in [1.29, 1.82) is 0 Å². The first-order chi connectivity index (χ1) is 25.6. The Bertz CT molecular complexity index is 2280. The molecule has 5 heterocycles. The van der Waals surface area contributed by atoms with Gasteiger partial charge in [0.2, 0.25) is 23.5 Å². The Labute approximate surface area is 304 Å². The normalized spacial score (nSPS) is 18.6. The van der Waals surface area contributed by atoms with Crippen LogP contribution in [0, 0.1) is 0 Å². The van der Waals surface area contributed by atoms with Crippen LogP contribution in [-0.4, -0.2) is 67.6 Å². The Morgan fingerprint density at radius 1 is 1.11 bits per heavy atom. The van der Waals surface area contributed by atoms with Crippen LogP contribution in [-0.2, 0) is 33.4 Å². The van der Waals surface area contributed by atoms with Crippen molar-refractivity contribution >= 4 is 51.6 Å². The molecular formula is C37H40N12O4. The van der Waals surface area contributed by atoms with E-state index in [2.05, 4.69) is 77.2 Å². The largest absolute Gasteiger partial charge is 0.369 e. The average Bonchev–Trinajstić information content (AvgIpc) is 3.87. The molecule has 4 amide bonds. The monoisotopic (exact) mass is 716 g/mol. The summed E-state index contributed by atoms with van der Waals surface area (Å²) < 4.78 is 3.22. The number of para-hydroxylation sites is 1. The van der Waals surface area contributed by atoms with E-state index in [1.54, 1.807) is 28.4 Å². The van der Waals surface area contributed by atoms with Crippen LogP contribution in [0.4, 0.5) is 11.4 Å². The summed E-state index contributed by atoms with van der Waals surface area (Å²) in [5.74, 6) is -1.84. The number of aryl methyl sites for hydroxylation is 1. The zero-order valence-electron chi connectivity index (χ0n) is 29.6. The van der Waals surface area contributed by atoms with E-state index in [0.29, 0.717) is 53.9 Å². The number of pyridine rings is 1. The molecule has 3 N–H and O–H groups in total. The van der Waals surface area contributed by atoms with E-state index in [9.17, 15) is 19.2 Å². The van der Waals surface area contributed by atoms with Crippen molar-refractivity contribution in [3.63, 3.8) is 0 Å². The van der Waals surface area contributed by atoms with Gasteiger partial charge < -0.3 is 15.5 Å². The number of amides is 4. The Balaban J connectivity index is 0.949. The van der Waals surface area contributed by atoms with E-state index < -0.39 is 11.8 Å². The summed E-state index contributed by atoms with van der Waals surface area (Å²) in [5.41, 5.74) is 14.1. The third kappa shape index (κ3) is 7.26. The van der Waals surface area contributed by atoms with Gasteiger partial charge in [0.25, 0.3) is 5.91 Å². The number of piperidine rings is 1. The van der Waals surface area contributed by atoms with Gasteiger partial charge in [-0.15, -0.1) is 5.10 Å². The number of hydrogen-bond acceptors (Lipinski definition) is 9. The minimum absolute atomic E-state index is 0.00132. The molecule has 0 aliphatic carbocycles. The van der Waals surface area contributed by atoms with Gasteiger partial charge in [-0.25, -0.2) is 9.50 Å². The van der Waals surface area contributed by atoms with Gasteiger partial charge in [-0.1, -0.05) is 54.5 Å². The fourth-order valence-electron chi connectivity index (χ4n) is 7.37. The van der Waals surface area contributed by atoms with Gasteiger partial charge in [-0.2, -0.15) is 5.10 Å². The van der Waals surface area contributed by atoms with Gasteiger partial charge in [0.05, 0.1) is 41.2 Å². The van der Waals surface area contributed by atoms with Gasteiger partial charge >= 0.3 is 0 Å². The van der Waals surface area contributed by atoms with Crippen molar-refractivity contribution in [3.8, 4) is 0 Å². The summed E-state index contributed by atoms with van der Waals surface area (Å²) in [6.45, 7) is 4.28. The molecule has 272 valence electrons. The van der Waals surface area contributed by atoms with E-state index in [1.165, 1.54) is 5.56 Å². The number of benzene rings is 2. The third-order valence-corrected chi connectivity index (χ3v) is 10.2. The fourth-order valence-corrected chi connectivity index (χ4v) is 7.37. The summed E-state index contributed by atoms with van der Waals surface area (Å²) in [6, 6.07) is 17.8. The highest BCUT2D eigenvalue weighted by Gasteiger charge is 2.36. The number of rotatable bonds is 12. The van der Waals surface area contributed by atoms with Crippen LogP contribution in [0.2, 0.25) is 0 Å². The molecule has 16 nitrogen and oxygen atoms in total.